The highest BCUT2D eigenvalue weighted by molar-refractivity contribution is 5.79. The molecule has 2 heterocycles. The first kappa shape index (κ1) is 13.0. The number of ether oxygens (including phenoxy) is 2. The first-order chi connectivity index (χ1) is 9.24. The van der Waals surface area contributed by atoms with E-state index in [2.05, 4.69) is 9.97 Å². The van der Waals surface area contributed by atoms with Crippen molar-refractivity contribution in [2.24, 2.45) is 0 Å². The first-order valence-electron chi connectivity index (χ1n) is 5.76. The maximum atomic E-state index is 11.0. The Morgan fingerprint density at radius 1 is 1.37 bits per heavy atom. The predicted octanol–water partition coefficient (Wildman–Crippen LogP) is 2.19. The predicted molar refractivity (Wildman–Crippen MR) is 69.5 cm³/mol. The number of carbonyl (C=O) groups excluding carboxylic acids is 1. The Balaban J connectivity index is 2.15. The monoisotopic (exact) mass is 258 g/mol. The molecule has 0 N–H and O–H groups in total. The fourth-order valence-electron chi connectivity index (χ4n) is 1.58. The van der Waals surface area contributed by atoms with Gasteiger partial charge in [0, 0.05) is 18.5 Å². The average Bonchev–Trinajstić information content (AvgIpc) is 2.46. The summed E-state index contributed by atoms with van der Waals surface area (Å²) < 4.78 is 10.6. The van der Waals surface area contributed by atoms with Crippen molar-refractivity contribution < 1.29 is 14.3 Å². The third-order valence-electron chi connectivity index (χ3n) is 2.73. The maximum absolute atomic E-state index is 11.0. The minimum absolute atomic E-state index is 0.364. The molecule has 0 unspecified atom stereocenters. The lowest BCUT2D eigenvalue weighted by Gasteiger charge is -2.10. The van der Waals surface area contributed by atoms with Crippen molar-refractivity contribution >= 4 is 6.29 Å². The second kappa shape index (κ2) is 5.95. The zero-order valence-corrected chi connectivity index (χ0v) is 10.8. The number of carbonyl (C=O) groups is 1. The molecule has 2 aromatic heterocycles. The number of hydrogen-bond donors (Lipinski definition) is 0. The van der Waals surface area contributed by atoms with Gasteiger partial charge in [0.2, 0.25) is 5.88 Å². The van der Waals surface area contributed by atoms with Crippen molar-refractivity contribution in [3.8, 4) is 11.6 Å². The van der Waals surface area contributed by atoms with E-state index < -0.39 is 0 Å². The van der Waals surface area contributed by atoms with E-state index >= 15 is 0 Å². The van der Waals surface area contributed by atoms with Crippen LogP contribution in [0.1, 0.15) is 21.5 Å². The minimum atomic E-state index is 0.364. The second-order valence-electron chi connectivity index (χ2n) is 3.97. The van der Waals surface area contributed by atoms with Crippen molar-refractivity contribution in [2.75, 3.05) is 7.11 Å². The molecule has 0 fully saturated rings. The van der Waals surface area contributed by atoms with Crippen LogP contribution in [0.4, 0.5) is 0 Å². The summed E-state index contributed by atoms with van der Waals surface area (Å²) in [4.78, 5) is 19.0. The molecule has 98 valence electrons. The van der Waals surface area contributed by atoms with E-state index in [9.17, 15) is 4.79 Å². The summed E-state index contributed by atoms with van der Waals surface area (Å²) in [6.07, 6.45) is 5.68. The number of pyridine rings is 2. The summed E-state index contributed by atoms with van der Waals surface area (Å²) in [7, 11) is 1.50. The van der Waals surface area contributed by atoms with E-state index in [1.807, 2.05) is 13.0 Å². The number of methoxy groups -OCH3 is 1. The number of rotatable bonds is 5. The zero-order valence-electron chi connectivity index (χ0n) is 10.8. The quantitative estimate of drug-likeness (QED) is 0.769. The van der Waals surface area contributed by atoms with E-state index in [1.54, 1.807) is 18.5 Å². The van der Waals surface area contributed by atoms with Gasteiger partial charge in [-0.15, -0.1) is 0 Å². The third kappa shape index (κ3) is 3.07. The number of aromatic nitrogens is 2. The van der Waals surface area contributed by atoms with Gasteiger partial charge in [0.25, 0.3) is 0 Å². The zero-order chi connectivity index (χ0) is 13.7. The topological polar surface area (TPSA) is 61.3 Å². The van der Waals surface area contributed by atoms with Crippen molar-refractivity contribution in [3.63, 3.8) is 0 Å². The molecule has 0 saturated heterocycles. The van der Waals surface area contributed by atoms with Gasteiger partial charge >= 0.3 is 0 Å². The standard InChI is InChI=1S/C14H14N2O3/c1-10-6-15-4-3-11(10)9-19-13-7-16-14(18-2)5-12(13)8-17/h3-8H,9H2,1-2H3. The highest BCUT2D eigenvalue weighted by Gasteiger charge is 2.07. The van der Waals surface area contributed by atoms with Gasteiger partial charge in [0.15, 0.2) is 6.29 Å². The van der Waals surface area contributed by atoms with Gasteiger partial charge in [-0.05, 0) is 24.1 Å². The average molecular weight is 258 g/mol. The molecule has 0 amide bonds. The third-order valence-corrected chi connectivity index (χ3v) is 2.73. The molecule has 0 radical (unpaired) electrons. The Morgan fingerprint density at radius 3 is 2.89 bits per heavy atom. The summed E-state index contributed by atoms with van der Waals surface area (Å²) in [5.74, 6) is 0.821. The molecule has 19 heavy (non-hydrogen) atoms. The van der Waals surface area contributed by atoms with Gasteiger partial charge in [0.05, 0.1) is 18.9 Å². The number of aldehydes is 1. The van der Waals surface area contributed by atoms with E-state index in [0.717, 1.165) is 17.4 Å². The van der Waals surface area contributed by atoms with Crippen LogP contribution in [0.15, 0.2) is 30.7 Å². The van der Waals surface area contributed by atoms with Crippen molar-refractivity contribution in [3.05, 3.63) is 47.4 Å². The van der Waals surface area contributed by atoms with Gasteiger partial charge in [0.1, 0.15) is 12.4 Å². The van der Waals surface area contributed by atoms with E-state index in [0.29, 0.717) is 23.8 Å². The number of aryl methyl sites for hydroxylation is 1. The molecule has 2 rings (SSSR count). The molecule has 0 aliphatic rings. The Bertz CT molecular complexity index is 585. The van der Waals surface area contributed by atoms with Crippen LogP contribution in [0.2, 0.25) is 0 Å². The largest absolute Gasteiger partial charge is 0.487 e. The van der Waals surface area contributed by atoms with E-state index in [-0.39, 0.29) is 0 Å². The Labute approximate surface area is 111 Å². The van der Waals surface area contributed by atoms with Crippen LogP contribution in [0.25, 0.3) is 0 Å². The molecule has 5 nitrogen and oxygen atoms in total. The Kier molecular flexibility index (Phi) is 4.07. The summed E-state index contributed by atoms with van der Waals surface area (Å²) in [5.41, 5.74) is 2.47. The van der Waals surface area contributed by atoms with Gasteiger partial charge in [-0.2, -0.15) is 0 Å². The van der Waals surface area contributed by atoms with Crippen LogP contribution in [-0.2, 0) is 6.61 Å². The first-order valence-corrected chi connectivity index (χ1v) is 5.76. The summed E-state index contributed by atoms with van der Waals surface area (Å²) in [5, 5.41) is 0. The van der Waals surface area contributed by atoms with Crippen LogP contribution in [-0.4, -0.2) is 23.4 Å². The smallest absolute Gasteiger partial charge is 0.213 e. The van der Waals surface area contributed by atoms with Crippen LogP contribution < -0.4 is 9.47 Å². The normalized spacial score (nSPS) is 10.0. The minimum Gasteiger partial charge on any atom is -0.487 e. The number of hydrogen-bond acceptors (Lipinski definition) is 5. The summed E-state index contributed by atoms with van der Waals surface area (Å²) in [6.45, 7) is 2.32. The van der Waals surface area contributed by atoms with Crippen LogP contribution in [0, 0.1) is 6.92 Å². The molecular formula is C14H14N2O3. The summed E-state index contributed by atoms with van der Waals surface area (Å²) in [6, 6.07) is 3.43. The van der Waals surface area contributed by atoms with Gasteiger partial charge < -0.3 is 9.47 Å². The second-order valence-corrected chi connectivity index (χ2v) is 3.97. The lowest BCUT2D eigenvalue weighted by atomic mass is 10.2. The maximum Gasteiger partial charge on any atom is 0.213 e. The molecule has 0 aliphatic carbocycles. The highest BCUT2D eigenvalue weighted by Crippen LogP contribution is 2.21. The van der Waals surface area contributed by atoms with Crippen molar-refractivity contribution in [1.82, 2.24) is 9.97 Å². The Hall–Kier alpha value is -2.43. The van der Waals surface area contributed by atoms with Crippen LogP contribution >= 0.6 is 0 Å². The SMILES string of the molecule is COc1cc(C=O)c(OCc2ccncc2C)cn1. The fraction of sp³-hybridized carbons (Fsp3) is 0.214. The van der Waals surface area contributed by atoms with E-state index in [1.165, 1.54) is 13.3 Å². The molecule has 0 saturated carbocycles. The van der Waals surface area contributed by atoms with Crippen LogP contribution in [0.5, 0.6) is 11.6 Å². The molecule has 0 bridgehead atoms. The lowest BCUT2D eigenvalue weighted by molar-refractivity contribution is 0.111. The molecular weight excluding hydrogens is 244 g/mol. The van der Waals surface area contributed by atoms with Crippen LogP contribution in [0.3, 0.4) is 0 Å². The summed E-state index contributed by atoms with van der Waals surface area (Å²) >= 11 is 0. The lowest BCUT2D eigenvalue weighted by Crippen LogP contribution is -2.01. The van der Waals surface area contributed by atoms with E-state index in [4.69, 9.17) is 9.47 Å². The molecule has 2 aromatic rings. The highest BCUT2D eigenvalue weighted by atomic mass is 16.5. The molecule has 5 heteroatoms. The molecule has 0 aromatic carbocycles. The number of nitrogens with zero attached hydrogens (tertiary/aromatic N) is 2. The van der Waals surface area contributed by atoms with Gasteiger partial charge in [-0.1, -0.05) is 0 Å². The van der Waals surface area contributed by atoms with Gasteiger partial charge in [-0.3, -0.25) is 9.78 Å². The fourth-order valence-corrected chi connectivity index (χ4v) is 1.58. The van der Waals surface area contributed by atoms with Crippen molar-refractivity contribution in [1.29, 1.82) is 0 Å². The molecule has 0 atom stereocenters. The molecule has 0 aliphatic heterocycles. The van der Waals surface area contributed by atoms with Crippen molar-refractivity contribution in [2.45, 2.75) is 13.5 Å². The Morgan fingerprint density at radius 2 is 2.21 bits per heavy atom. The molecule has 0 spiro atoms. The van der Waals surface area contributed by atoms with Gasteiger partial charge in [-0.25, -0.2) is 4.98 Å².